The Labute approximate surface area is 197 Å². The number of carbonyl (C=O) groups excluding carboxylic acids is 1. The standard InChI is InChI=1S/C25H31FN4O4/c1-14-21-18(16-2-3-16)10-19(25(33)34)24(32)30(21)13-20(26)22(14)29-9-6-15(12-29)11-28-23(31)17-4-7-27-8-5-17/h10,13,15-17,27H,2-9,11-12H2,1H3,(H,28,31)(H,33,34). The molecule has 1 saturated carbocycles. The fourth-order valence-electron chi connectivity index (χ4n) is 5.56. The maximum absolute atomic E-state index is 15.4. The van der Waals surface area contributed by atoms with Crippen LogP contribution in [0.25, 0.3) is 5.52 Å². The summed E-state index contributed by atoms with van der Waals surface area (Å²) in [6.07, 6.45) is 5.57. The molecule has 1 atom stereocenters. The second-order valence-corrected chi connectivity index (χ2v) is 9.94. The molecule has 0 aromatic carbocycles. The van der Waals surface area contributed by atoms with Gasteiger partial charge in [-0.1, -0.05) is 0 Å². The van der Waals surface area contributed by atoms with Gasteiger partial charge in [0.05, 0.1) is 17.4 Å². The minimum atomic E-state index is -1.29. The molecule has 8 nitrogen and oxygen atoms in total. The van der Waals surface area contributed by atoms with Crippen molar-refractivity contribution < 1.29 is 19.1 Å². The topological polar surface area (TPSA) is 103 Å². The minimum absolute atomic E-state index is 0.0637. The first-order chi connectivity index (χ1) is 16.3. The fraction of sp³-hybridized carbons (Fsp3) is 0.560. The van der Waals surface area contributed by atoms with Crippen molar-refractivity contribution in [1.82, 2.24) is 15.0 Å². The highest BCUT2D eigenvalue weighted by Crippen LogP contribution is 2.44. The fourth-order valence-corrected chi connectivity index (χ4v) is 5.56. The van der Waals surface area contributed by atoms with Crippen LogP contribution < -0.4 is 21.1 Å². The van der Waals surface area contributed by atoms with Crippen LogP contribution in [0.4, 0.5) is 10.1 Å². The van der Waals surface area contributed by atoms with E-state index in [1.54, 1.807) is 0 Å². The molecule has 182 valence electrons. The van der Waals surface area contributed by atoms with Gasteiger partial charge in [0.15, 0.2) is 5.82 Å². The summed E-state index contributed by atoms with van der Waals surface area (Å²) in [6, 6.07) is 1.48. The average Bonchev–Trinajstić information content (AvgIpc) is 3.57. The maximum Gasteiger partial charge on any atom is 0.341 e. The van der Waals surface area contributed by atoms with Gasteiger partial charge in [-0.2, -0.15) is 0 Å². The Morgan fingerprint density at radius 3 is 2.62 bits per heavy atom. The highest BCUT2D eigenvalue weighted by atomic mass is 19.1. The number of aryl methyl sites for hydroxylation is 1. The van der Waals surface area contributed by atoms with Gasteiger partial charge < -0.3 is 20.6 Å². The summed E-state index contributed by atoms with van der Waals surface area (Å²) in [6.45, 7) is 5.41. The molecule has 1 amide bonds. The maximum atomic E-state index is 15.4. The molecule has 9 heteroatoms. The molecule has 0 spiro atoms. The Hall–Kier alpha value is -2.94. The molecule has 2 aromatic heterocycles. The first kappa shape index (κ1) is 22.8. The first-order valence-electron chi connectivity index (χ1n) is 12.2. The largest absolute Gasteiger partial charge is 0.477 e. The quantitative estimate of drug-likeness (QED) is 0.599. The predicted molar refractivity (Wildman–Crippen MR) is 126 cm³/mol. The lowest BCUT2D eigenvalue weighted by Crippen LogP contribution is -2.40. The zero-order valence-electron chi connectivity index (χ0n) is 19.4. The highest BCUT2D eigenvalue weighted by molar-refractivity contribution is 5.89. The summed E-state index contributed by atoms with van der Waals surface area (Å²) in [4.78, 5) is 38.9. The summed E-state index contributed by atoms with van der Waals surface area (Å²) in [5.74, 6) is -1.24. The normalized spacial score (nSPS) is 21.2. The molecule has 2 saturated heterocycles. The van der Waals surface area contributed by atoms with Gasteiger partial charge in [0.2, 0.25) is 5.91 Å². The Morgan fingerprint density at radius 2 is 1.94 bits per heavy atom. The molecular weight excluding hydrogens is 439 g/mol. The molecule has 1 aliphatic carbocycles. The number of aromatic nitrogens is 1. The van der Waals surface area contributed by atoms with Gasteiger partial charge in [0.1, 0.15) is 5.56 Å². The number of carboxylic acid groups (broad SMARTS) is 1. The molecule has 3 aliphatic rings. The number of aromatic carboxylic acids is 1. The molecule has 3 fully saturated rings. The number of carbonyl (C=O) groups is 2. The van der Waals surface area contributed by atoms with Crippen molar-refractivity contribution in [1.29, 1.82) is 0 Å². The highest BCUT2D eigenvalue weighted by Gasteiger charge is 2.32. The van der Waals surface area contributed by atoms with Crippen LogP contribution in [0.15, 0.2) is 17.1 Å². The van der Waals surface area contributed by atoms with Crippen molar-refractivity contribution >= 4 is 23.1 Å². The second-order valence-electron chi connectivity index (χ2n) is 9.94. The molecule has 3 N–H and O–H groups in total. The number of halogens is 1. The molecule has 5 rings (SSSR count). The van der Waals surface area contributed by atoms with Crippen LogP contribution in [0.1, 0.15) is 59.5 Å². The van der Waals surface area contributed by atoms with E-state index in [4.69, 9.17) is 0 Å². The number of fused-ring (bicyclic) bond motifs is 1. The van der Waals surface area contributed by atoms with Crippen molar-refractivity contribution in [2.45, 2.75) is 44.9 Å². The molecule has 2 aliphatic heterocycles. The summed E-state index contributed by atoms with van der Waals surface area (Å²) >= 11 is 0. The van der Waals surface area contributed by atoms with Gasteiger partial charge >= 0.3 is 5.97 Å². The van der Waals surface area contributed by atoms with Crippen LogP contribution in [0.2, 0.25) is 0 Å². The van der Waals surface area contributed by atoms with Crippen molar-refractivity contribution in [3.05, 3.63) is 45.1 Å². The van der Waals surface area contributed by atoms with E-state index >= 15 is 4.39 Å². The van der Waals surface area contributed by atoms with E-state index in [-0.39, 0.29) is 29.2 Å². The Morgan fingerprint density at radius 1 is 1.21 bits per heavy atom. The molecular formula is C25H31FN4O4. The first-order valence-corrected chi connectivity index (χ1v) is 12.2. The number of amides is 1. The van der Waals surface area contributed by atoms with Gasteiger partial charge in [-0.3, -0.25) is 14.0 Å². The van der Waals surface area contributed by atoms with Crippen LogP contribution >= 0.6 is 0 Å². The van der Waals surface area contributed by atoms with Crippen molar-refractivity contribution in [3.8, 4) is 0 Å². The van der Waals surface area contributed by atoms with Crippen molar-refractivity contribution in [3.63, 3.8) is 0 Å². The average molecular weight is 471 g/mol. The van der Waals surface area contributed by atoms with E-state index in [0.29, 0.717) is 36.4 Å². The van der Waals surface area contributed by atoms with Gasteiger partial charge in [0.25, 0.3) is 5.56 Å². The Balaban J connectivity index is 1.39. The summed E-state index contributed by atoms with van der Waals surface area (Å²) in [7, 11) is 0. The number of nitrogens with zero attached hydrogens (tertiary/aromatic N) is 2. The number of anilines is 1. The minimum Gasteiger partial charge on any atom is -0.477 e. The third kappa shape index (κ3) is 4.17. The van der Waals surface area contributed by atoms with Crippen LogP contribution in [-0.4, -0.2) is 54.1 Å². The van der Waals surface area contributed by atoms with Crippen LogP contribution in [0, 0.1) is 24.6 Å². The molecule has 2 aromatic rings. The van der Waals surface area contributed by atoms with Crippen LogP contribution in [-0.2, 0) is 4.79 Å². The number of piperidine rings is 1. The van der Waals surface area contributed by atoms with E-state index < -0.39 is 17.3 Å². The monoisotopic (exact) mass is 470 g/mol. The van der Waals surface area contributed by atoms with Crippen LogP contribution in [0.5, 0.6) is 0 Å². The van der Waals surface area contributed by atoms with Crippen molar-refractivity contribution in [2.75, 3.05) is 37.6 Å². The Bertz CT molecular complexity index is 1200. The smallest absolute Gasteiger partial charge is 0.341 e. The summed E-state index contributed by atoms with van der Waals surface area (Å²) < 4.78 is 16.5. The lowest BCUT2D eigenvalue weighted by atomic mass is 9.97. The van der Waals surface area contributed by atoms with E-state index in [1.165, 1.54) is 10.5 Å². The number of pyridine rings is 2. The van der Waals surface area contributed by atoms with E-state index in [1.807, 2.05) is 11.8 Å². The number of hydrogen-bond acceptors (Lipinski definition) is 5. The zero-order valence-corrected chi connectivity index (χ0v) is 19.4. The van der Waals surface area contributed by atoms with Crippen LogP contribution in [0.3, 0.4) is 0 Å². The number of nitrogens with one attached hydrogen (secondary N) is 2. The van der Waals surface area contributed by atoms with E-state index in [0.717, 1.165) is 57.0 Å². The third-order valence-corrected chi connectivity index (χ3v) is 7.57. The number of hydrogen-bond donors (Lipinski definition) is 3. The Kier molecular flexibility index (Phi) is 6.06. The lowest BCUT2D eigenvalue weighted by Gasteiger charge is -2.25. The van der Waals surface area contributed by atoms with Gasteiger partial charge in [-0.05, 0) is 81.1 Å². The summed E-state index contributed by atoms with van der Waals surface area (Å²) in [5.41, 5.74) is 1.53. The molecule has 34 heavy (non-hydrogen) atoms. The second kappa shape index (κ2) is 9.02. The molecule has 0 radical (unpaired) electrons. The van der Waals surface area contributed by atoms with Crippen molar-refractivity contribution in [2.24, 2.45) is 11.8 Å². The predicted octanol–water partition coefficient (Wildman–Crippen LogP) is 2.26. The van der Waals surface area contributed by atoms with E-state index in [2.05, 4.69) is 10.6 Å². The van der Waals surface area contributed by atoms with Gasteiger partial charge in [-0.15, -0.1) is 0 Å². The lowest BCUT2D eigenvalue weighted by molar-refractivity contribution is -0.125. The molecule has 1 unspecified atom stereocenters. The molecule has 0 bridgehead atoms. The SMILES string of the molecule is Cc1c(N2CCC(CNC(=O)C3CCNCC3)C2)c(F)cn2c(=O)c(C(=O)O)cc(C3CC3)c12. The zero-order chi connectivity index (χ0) is 24.0. The molecule has 4 heterocycles. The van der Waals surface area contributed by atoms with E-state index in [9.17, 15) is 19.5 Å². The summed E-state index contributed by atoms with van der Waals surface area (Å²) in [5, 5.41) is 15.8. The third-order valence-electron chi connectivity index (χ3n) is 7.57. The number of rotatable bonds is 6. The number of carboxylic acids is 1. The van der Waals surface area contributed by atoms with Gasteiger partial charge in [-0.25, -0.2) is 9.18 Å². The van der Waals surface area contributed by atoms with Gasteiger partial charge in [0, 0.05) is 25.6 Å².